The Bertz CT molecular complexity index is 813. The number of carbonyl (C=O) groups is 2. The average Bonchev–Trinajstić information content (AvgIpc) is 2.92. The van der Waals surface area contributed by atoms with Gasteiger partial charge >= 0.3 is 0 Å². The van der Waals surface area contributed by atoms with Crippen molar-refractivity contribution >= 4 is 11.8 Å². The van der Waals surface area contributed by atoms with Crippen LogP contribution in [0.2, 0.25) is 0 Å². The van der Waals surface area contributed by atoms with E-state index in [0.29, 0.717) is 25.6 Å². The first kappa shape index (κ1) is 18.2. The monoisotopic (exact) mass is 350 g/mol. The van der Waals surface area contributed by atoms with Gasteiger partial charge in [-0.15, -0.1) is 0 Å². The lowest BCUT2D eigenvalue weighted by Gasteiger charge is -2.27. The Morgan fingerprint density at radius 1 is 1.12 bits per heavy atom. The van der Waals surface area contributed by atoms with Gasteiger partial charge in [0.25, 0.3) is 5.91 Å². The topological polar surface area (TPSA) is 40.6 Å². The molecule has 0 radical (unpaired) electrons. The van der Waals surface area contributed by atoms with Gasteiger partial charge in [0.2, 0.25) is 5.91 Å². The van der Waals surface area contributed by atoms with E-state index in [2.05, 4.69) is 32.9 Å². The van der Waals surface area contributed by atoms with Crippen LogP contribution in [0.4, 0.5) is 0 Å². The largest absolute Gasteiger partial charge is 0.337 e. The highest BCUT2D eigenvalue weighted by molar-refractivity contribution is 6.00. The van der Waals surface area contributed by atoms with Gasteiger partial charge in [0.1, 0.15) is 6.54 Å². The lowest BCUT2D eigenvalue weighted by molar-refractivity contribution is -0.133. The van der Waals surface area contributed by atoms with Crippen molar-refractivity contribution in [3.63, 3.8) is 0 Å². The van der Waals surface area contributed by atoms with Gasteiger partial charge in [-0.2, -0.15) is 0 Å². The summed E-state index contributed by atoms with van der Waals surface area (Å²) < 4.78 is 0. The number of fused-ring (bicyclic) bond motifs is 1. The molecule has 2 amide bonds. The van der Waals surface area contributed by atoms with E-state index in [1.165, 1.54) is 5.56 Å². The van der Waals surface area contributed by atoms with Crippen LogP contribution in [0, 0.1) is 12.8 Å². The van der Waals surface area contributed by atoms with Gasteiger partial charge in [-0.25, -0.2) is 0 Å². The molecule has 0 bridgehead atoms. The van der Waals surface area contributed by atoms with E-state index >= 15 is 0 Å². The third-order valence-corrected chi connectivity index (χ3v) is 4.78. The zero-order valence-electron chi connectivity index (χ0n) is 15.7. The summed E-state index contributed by atoms with van der Waals surface area (Å²) in [7, 11) is 0. The van der Waals surface area contributed by atoms with Crippen LogP contribution in [0.15, 0.2) is 48.5 Å². The third kappa shape index (κ3) is 3.96. The van der Waals surface area contributed by atoms with E-state index in [4.69, 9.17) is 0 Å². The van der Waals surface area contributed by atoms with Crippen LogP contribution in [0.3, 0.4) is 0 Å². The first-order valence-electron chi connectivity index (χ1n) is 9.15. The number of carbonyl (C=O) groups excluding carboxylic acids is 2. The summed E-state index contributed by atoms with van der Waals surface area (Å²) in [5, 5.41) is 0. The van der Waals surface area contributed by atoms with Crippen molar-refractivity contribution in [2.45, 2.75) is 33.9 Å². The van der Waals surface area contributed by atoms with E-state index < -0.39 is 0 Å². The second-order valence-corrected chi connectivity index (χ2v) is 7.41. The first-order chi connectivity index (χ1) is 12.5. The minimum atomic E-state index is -0.0469. The van der Waals surface area contributed by atoms with Crippen LogP contribution < -0.4 is 0 Å². The zero-order chi connectivity index (χ0) is 18.7. The number of nitrogens with zero attached hydrogens (tertiary/aromatic N) is 2. The molecule has 4 nitrogen and oxygen atoms in total. The molecular formula is C22H26N2O2. The standard InChI is InChI=1S/C22H26N2O2/c1-16(2)12-23(13-18-9-5-4-8-17(18)3)21(25)15-24-14-19-10-6-7-11-20(19)22(24)26/h4-11,16H,12-15H2,1-3H3. The minimum absolute atomic E-state index is 0.00288. The molecule has 2 aromatic rings. The molecule has 0 saturated heterocycles. The maximum atomic E-state index is 13.0. The molecule has 1 aliphatic rings. The Labute approximate surface area is 155 Å². The van der Waals surface area contributed by atoms with Crippen molar-refractivity contribution in [2.24, 2.45) is 5.92 Å². The van der Waals surface area contributed by atoms with Gasteiger partial charge < -0.3 is 9.80 Å². The minimum Gasteiger partial charge on any atom is -0.337 e. The van der Waals surface area contributed by atoms with Crippen molar-refractivity contribution in [2.75, 3.05) is 13.1 Å². The first-order valence-corrected chi connectivity index (χ1v) is 9.15. The number of hydrogen-bond donors (Lipinski definition) is 0. The summed E-state index contributed by atoms with van der Waals surface area (Å²) >= 11 is 0. The van der Waals surface area contributed by atoms with Gasteiger partial charge in [-0.3, -0.25) is 9.59 Å². The number of hydrogen-bond acceptors (Lipinski definition) is 2. The molecule has 136 valence electrons. The second-order valence-electron chi connectivity index (χ2n) is 7.41. The number of benzene rings is 2. The van der Waals surface area contributed by atoms with Crippen LogP contribution >= 0.6 is 0 Å². The highest BCUT2D eigenvalue weighted by Crippen LogP contribution is 2.22. The summed E-state index contributed by atoms with van der Waals surface area (Å²) in [6.07, 6.45) is 0. The van der Waals surface area contributed by atoms with Crippen LogP contribution in [0.25, 0.3) is 0 Å². The Hall–Kier alpha value is -2.62. The van der Waals surface area contributed by atoms with Crippen molar-refractivity contribution in [1.29, 1.82) is 0 Å². The van der Waals surface area contributed by atoms with E-state index in [0.717, 1.165) is 16.7 Å². The van der Waals surface area contributed by atoms with Crippen molar-refractivity contribution in [3.8, 4) is 0 Å². The fraction of sp³-hybridized carbons (Fsp3) is 0.364. The summed E-state index contributed by atoms with van der Waals surface area (Å²) in [5.41, 5.74) is 4.05. The molecule has 26 heavy (non-hydrogen) atoms. The number of amides is 2. The van der Waals surface area contributed by atoms with Crippen LogP contribution in [-0.2, 0) is 17.9 Å². The predicted octanol–water partition coefficient (Wildman–Crippen LogP) is 3.64. The molecule has 0 saturated carbocycles. The molecule has 0 unspecified atom stereocenters. The molecule has 4 heteroatoms. The molecule has 2 aromatic carbocycles. The summed E-state index contributed by atoms with van der Waals surface area (Å²) in [6.45, 7) is 8.19. The summed E-state index contributed by atoms with van der Waals surface area (Å²) in [6, 6.07) is 15.7. The van der Waals surface area contributed by atoms with E-state index in [1.807, 2.05) is 41.3 Å². The van der Waals surface area contributed by atoms with Gasteiger partial charge in [-0.1, -0.05) is 56.3 Å². The molecule has 0 spiro atoms. The van der Waals surface area contributed by atoms with E-state index in [9.17, 15) is 9.59 Å². The third-order valence-electron chi connectivity index (χ3n) is 4.78. The zero-order valence-corrected chi connectivity index (χ0v) is 15.7. The smallest absolute Gasteiger partial charge is 0.254 e. The van der Waals surface area contributed by atoms with Crippen LogP contribution in [0.1, 0.15) is 40.9 Å². The maximum absolute atomic E-state index is 13.0. The molecule has 0 fully saturated rings. The molecule has 0 aliphatic carbocycles. The number of rotatable bonds is 6. The quantitative estimate of drug-likeness (QED) is 0.798. The SMILES string of the molecule is Cc1ccccc1CN(CC(C)C)C(=O)CN1Cc2ccccc2C1=O. The van der Waals surface area contributed by atoms with Gasteiger partial charge in [-0.05, 0) is 35.6 Å². The molecule has 0 aromatic heterocycles. The van der Waals surface area contributed by atoms with Crippen molar-refractivity contribution in [1.82, 2.24) is 9.80 Å². The lowest BCUT2D eigenvalue weighted by atomic mass is 10.1. The van der Waals surface area contributed by atoms with Crippen LogP contribution in [0.5, 0.6) is 0 Å². The molecule has 1 heterocycles. The van der Waals surface area contributed by atoms with Crippen LogP contribution in [-0.4, -0.2) is 34.7 Å². The highest BCUT2D eigenvalue weighted by Gasteiger charge is 2.29. The molecule has 0 atom stereocenters. The molecule has 3 rings (SSSR count). The van der Waals surface area contributed by atoms with Gasteiger partial charge in [0.05, 0.1) is 0 Å². The number of aryl methyl sites for hydroxylation is 1. The lowest BCUT2D eigenvalue weighted by Crippen LogP contribution is -2.41. The maximum Gasteiger partial charge on any atom is 0.254 e. The Morgan fingerprint density at radius 2 is 1.81 bits per heavy atom. The molecule has 1 aliphatic heterocycles. The predicted molar refractivity (Wildman–Crippen MR) is 103 cm³/mol. The van der Waals surface area contributed by atoms with Gasteiger partial charge in [0.15, 0.2) is 0 Å². The normalized spacial score (nSPS) is 13.2. The van der Waals surface area contributed by atoms with Crippen molar-refractivity contribution < 1.29 is 9.59 Å². The van der Waals surface area contributed by atoms with Gasteiger partial charge in [0, 0.05) is 25.2 Å². The average molecular weight is 350 g/mol. The summed E-state index contributed by atoms with van der Waals surface area (Å²) in [4.78, 5) is 29.1. The second kappa shape index (κ2) is 7.73. The molecule has 0 N–H and O–H groups in total. The fourth-order valence-electron chi connectivity index (χ4n) is 3.39. The van der Waals surface area contributed by atoms with E-state index in [1.54, 1.807) is 4.90 Å². The van der Waals surface area contributed by atoms with Crippen molar-refractivity contribution in [3.05, 3.63) is 70.8 Å². The molecular weight excluding hydrogens is 324 g/mol. The fourth-order valence-corrected chi connectivity index (χ4v) is 3.39. The Balaban J connectivity index is 1.72. The Kier molecular flexibility index (Phi) is 5.40. The van der Waals surface area contributed by atoms with E-state index in [-0.39, 0.29) is 18.4 Å². The highest BCUT2D eigenvalue weighted by atomic mass is 16.2. The summed E-state index contributed by atoms with van der Waals surface area (Å²) in [5.74, 6) is 0.326. The Morgan fingerprint density at radius 3 is 2.50 bits per heavy atom.